The average Bonchev–Trinajstić information content (AvgIpc) is 2.14. The zero-order chi connectivity index (χ0) is 13.4. The first-order valence-electron chi connectivity index (χ1n) is 4.75. The molecule has 2 nitrogen and oxygen atoms in total. The molecule has 0 saturated heterocycles. The first-order chi connectivity index (χ1) is 7.57. The summed E-state index contributed by atoms with van der Waals surface area (Å²) in [5.41, 5.74) is -1.80. The van der Waals surface area contributed by atoms with Crippen molar-refractivity contribution in [1.82, 2.24) is 4.98 Å². The number of alkyl halides is 3. The molecule has 0 saturated carbocycles. The number of nitrogens with zero attached hydrogens (tertiary/aromatic N) is 2. The highest BCUT2D eigenvalue weighted by Crippen LogP contribution is 2.38. The molecule has 17 heavy (non-hydrogen) atoms. The van der Waals surface area contributed by atoms with Crippen molar-refractivity contribution >= 4 is 15.9 Å². The standard InChI is InChI=1S/C11H10BrF3N2/c1-10(2,3)8-7(11(13,14)15)4-6(5-16)9(12)17-8/h4H,1-3H3. The van der Waals surface area contributed by atoms with E-state index in [4.69, 9.17) is 5.26 Å². The van der Waals surface area contributed by atoms with Crippen molar-refractivity contribution in [1.29, 1.82) is 5.26 Å². The van der Waals surface area contributed by atoms with E-state index in [0.717, 1.165) is 6.07 Å². The van der Waals surface area contributed by atoms with E-state index in [2.05, 4.69) is 20.9 Å². The summed E-state index contributed by atoms with van der Waals surface area (Å²) >= 11 is 3.00. The van der Waals surface area contributed by atoms with Crippen LogP contribution in [0.15, 0.2) is 10.7 Å². The molecule has 0 aliphatic carbocycles. The van der Waals surface area contributed by atoms with E-state index in [9.17, 15) is 13.2 Å². The van der Waals surface area contributed by atoms with Gasteiger partial charge in [-0.1, -0.05) is 20.8 Å². The zero-order valence-corrected chi connectivity index (χ0v) is 11.1. The van der Waals surface area contributed by atoms with Crippen molar-refractivity contribution in [3.63, 3.8) is 0 Å². The van der Waals surface area contributed by atoms with Crippen LogP contribution >= 0.6 is 15.9 Å². The van der Waals surface area contributed by atoms with Crippen molar-refractivity contribution in [2.45, 2.75) is 32.4 Å². The summed E-state index contributed by atoms with van der Waals surface area (Å²) < 4.78 is 38.7. The van der Waals surface area contributed by atoms with E-state index in [0.29, 0.717) is 0 Å². The van der Waals surface area contributed by atoms with Crippen LogP contribution in [-0.2, 0) is 11.6 Å². The highest BCUT2D eigenvalue weighted by molar-refractivity contribution is 9.10. The van der Waals surface area contributed by atoms with E-state index in [1.165, 1.54) is 0 Å². The first-order valence-corrected chi connectivity index (χ1v) is 5.55. The summed E-state index contributed by atoms with van der Waals surface area (Å²) in [4.78, 5) is 3.86. The van der Waals surface area contributed by atoms with E-state index < -0.39 is 17.2 Å². The Hall–Kier alpha value is -1.09. The number of nitriles is 1. The van der Waals surface area contributed by atoms with Gasteiger partial charge in [-0.3, -0.25) is 0 Å². The van der Waals surface area contributed by atoms with Crippen LogP contribution in [0.1, 0.15) is 37.6 Å². The van der Waals surface area contributed by atoms with Crippen LogP contribution in [0.5, 0.6) is 0 Å². The molecule has 0 N–H and O–H groups in total. The lowest BCUT2D eigenvalue weighted by Gasteiger charge is -2.23. The second kappa shape index (κ2) is 4.30. The molecule has 0 unspecified atom stereocenters. The Morgan fingerprint density at radius 3 is 2.18 bits per heavy atom. The Morgan fingerprint density at radius 1 is 1.29 bits per heavy atom. The Bertz CT molecular complexity index is 481. The Kier molecular flexibility index (Phi) is 3.53. The van der Waals surface area contributed by atoms with Crippen LogP contribution in [0.25, 0.3) is 0 Å². The molecule has 0 aliphatic heterocycles. The van der Waals surface area contributed by atoms with Gasteiger partial charge in [0, 0.05) is 5.41 Å². The fraction of sp³-hybridized carbons (Fsp3) is 0.455. The Morgan fingerprint density at radius 2 is 1.82 bits per heavy atom. The maximum absolute atomic E-state index is 12.9. The maximum Gasteiger partial charge on any atom is 0.418 e. The van der Waals surface area contributed by atoms with Crippen LogP contribution < -0.4 is 0 Å². The molecule has 0 bridgehead atoms. The van der Waals surface area contributed by atoms with Gasteiger partial charge in [0.2, 0.25) is 0 Å². The van der Waals surface area contributed by atoms with Crippen LogP contribution in [0.4, 0.5) is 13.2 Å². The molecule has 0 amide bonds. The summed E-state index contributed by atoms with van der Waals surface area (Å²) in [6.07, 6.45) is -4.51. The fourth-order valence-electron chi connectivity index (χ4n) is 1.36. The molecule has 0 aromatic carbocycles. The summed E-state index contributed by atoms with van der Waals surface area (Å²) in [6, 6.07) is 2.51. The van der Waals surface area contributed by atoms with Gasteiger partial charge in [-0.05, 0) is 22.0 Å². The van der Waals surface area contributed by atoms with Crippen molar-refractivity contribution in [2.75, 3.05) is 0 Å². The largest absolute Gasteiger partial charge is 0.418 e. The molecule has 0 spiro atoms. The lowest BCUT2D eigenvalue weighted by Crippen LogP contribution is -2.22. The molecule has 92 valence electrons. The van der Waals surface area contributed by atoms with Crippen molar-refractivity contribution in [3.8, 4) is 6.07 Å². The third-order valence-corrected chi connectivity index (χ3v) is 2.72. The Balaban J connectivity index is 3.61. The van der Waals surface area contributed by atoms with Gasteiger partial charge < -0.3 is 0 Å². The first kappa shape index (κ1) is 14.0. The fourth-order valence-corrected chi connectivity index (χ4v) is 1.74. The van der Waals surface area contributed by atoms with Crippen LogP contribution in [-0.4, -0.2) is 4.98 Å². The SMILES string of the molecule is CC(C)(C)c1nc(Br)c(C#N)cc1C(F)(F)F. The van der Waals surface area contributed by atoms with E-state index in [-0.39, 0.29) is 15.9 Å². The quantitative estimate of drug-likeness (QED) is 0.678. The molecule has 1 aromatic rings. The molecule has 6 heteroatoms. The average molecular weight is 307 g/mol. The molecule has 1 aromatic heterocycles. The zero-order valence-electron chi connectivity index (χ0n) is 9.48. The van der Waals surface area contributed by atoms with E-state index in [1.54, 1.807) is 26.8 Å². The van der Waals surface area contributed by atoms with Gasteiger partial charge in [0.15, 0.2) is 0 Å². The van der Waals surface area contributed by atoms with Gasteiger partial charge in [0.05, 0.1) is 16.8 Å². The van der Waals surface area contributed by atoms with Gasteiger partial charge >= 0.3 is 6.18 Å². The minimum atomic E-state index is -4.51. The molecule has 0 atom stereocenters. The van der Waals surface area contributed by atoms with Gasteiger partial charge in [-0.25, -0.2) is 4.98 Å². The third-order valence-electron chi connectivity index (χ3n) is 2.11. The highest BCUT2D eigenvalue weighted by atomic mass is 79.9. The molecule has 1 heterocycles. The number of hydrogen-bond donors (Lipinski definition) is 0. The topological polar surface area (TPSA) is 36.7 Å². The summed E-state index contributed by atoms with van der Waals surface area (Å²) in [6.45, 7) is 4.93. The van der Waals surface area contributed by atoms with Crippen molar-refractivity contribution in [3.05, 3.63) is 27.5 Å². The number of aromatic nitrogens is 1. The predicted octanol–water partition coefficient (Wildman–Crippen LogP) is 4.03. The second-order valence-electron chi connectivity index (χ2n) is 4.58. The van der Waals surface area contributed by atoms with E-state index in [1.807, 2.05) is 0 Å². The van der Waals surface area contributed by atoms with Crippen LogP contribution in [0.2, 0.25) is 0 Å². The summed E-state index contributed by atoms with van der Waals surface area (Å²) in [5, 5.41) is 8.71. The summed E-state index contributed by atoms with van der Waals surface area (Å²) in [5.74, 6) is 0. The molecule has 0 fully saturated rings. The lowest BCUT2D eigenvalue weighted by molar-refractivity contribution is -0.139. The lowest BCUT2D eigenvalue weighted by atomic mass is 9.87. The minimum Gasteiger partial charge on any atom is -0.243 e. The number of pyridine rings is 1. The van der Waals surface area contributed by atoms with Gasteiger partial charge in [-0.2, -0.15) is 18.4 Å². The third kappa shape index (κ3) is 2.97. The molecule has 0 aliphatic rings. The summed E-state index contributed by atoms with van der Waals surface area (Å²) in [7, 11) is 0. The molecule has 0 radical (unpaired) electrons. The molecular formula is C11H10BrF3N2. The van der Waals surface area contributed by atoms with Crippen molar-refractivity contribution in [2.24, 2.45) is 0 Å². The van der Waals surface area contributed by atoms with Crippen LogP contribution in [0.3, 0.4) is 0 Å². The van der Waals surface area contributed by atoms with Gasteiger partial charge in [0.25, 0.3) is 0 Å². The number of hydrogen-bond acceptors (Lipinski definition) is 2. The highest BCUT2D eigenvalue weighted by Gasteiger charge is 2.38. The number of halogens is 4. The minimum absolute atomic E-state index is 0.0733. The molecule has 1 rings (SSSR count). The van der Waals surface area contributed by atoms with Crippen LogP contribution in [0, 0.1) is 11.3 Å². The van der Waals surface area contributed by atoms with Crippen molar-refractivity contribution < 1.29 is 13.2 Å². The smallest absolute Gasteiger partial charge is 0.243 e. The van der Waals surface area contributed by atoms with Gasteiger partial charge in [-0.15, -0.1) is 0 Å². The predicted molar refractivity (Wildman–Crippen MR) is 60.4 cm³/mol. The van der Waals surface area contributed by atoms with Gasteiger partial charge in [0.1, 0.15) is 10.7 Å². The number of rotatable bonds is 0. The Labute approximate surface area is 106 Å². The van der Waals surface area contributed by atoms with E-state index >= 15 is 0 Å². The second-order valence-corrected chi connectivity index (χ2v) is 5.33. The maximum atomic E-state index is 12.9. The molecular weight excluding hydrogens is 297 g/mol. The monoisotopic (exact) mass is 306 g/mol. The normalized spacial score (nSPS) is 12.4.